The van der Waals surface area contributed by atoms with E-state index in [-0.39, 0.29) is 11.9 Å². The van der Waals surface area contributed by atoms with E-state index in [0.29, 0.717) is 12.0 Å². The highest BCUT2D eigenvalue weighted by Gasteiger charge is 2.29. The van der Waals surface area contributed by atoms with E-state index in [9.17, 15) is 9.59 Å². The van der Waals surface area contributed by atoms with Gasteiger partial charge >= 0.3 is 5.97 Å². The number of hydrogen-bond acceptors (Lipinski definition) is 7. The van der Waals surface area contributed by atoms with E-state index >= 15 is 0 Å². The van der Waals surface area contributed by atoms with Crippen molar-refractivity contribution in [2.45, 2.75) is 18.5 Å². The molecule has 2 aromatic carbocycles. The van der Waals surface area contributed by atoms with E-state index in [1.165, 1.54) is 13.3 Å². The zero-order valence-corrected chi connectivity index (χ0v) is 15.6. The van der Waals surface area contributed by atoms with Gasteiger partial charge in [0.2, 0.25) is 0 Å². The topological polar surface area (TPSA) is 101 Å². The quantitative estimate of drug-likeness (QED) is 0.398. The maximum Gasteiger partial charge on any atom is 0.337 e. The molecule has 28 heavy (non-hydrogen) atoms. The number of carbonyl (C=O) groups excluding carboxylic acids is 2. The molecule has 8 heteroatoms. The number of carbonyl (C=O) groups is 2. The average molecular weight is 382 g/mol. The third-order valence-corrected chi connectivity index (χ3v) is 4.46. The predicted octanol–water partition coefficient (Wildman–Crippen LogP) is 1.54. The molecule has 1 aliphatic heterocycles. The zero-order valence-electron chi connectivity index (χ0n) is 15.6. The van der Waals surface area contributed by atoms with E-state index in [0.717, 1.165) is 16.9 Å². The molecule has 2 aromatic rings. The number of esters is 1. The number of benzene rings is 2. The Labute approximate surface area is 162 Å². The van der Waals surface area contributed by atoms with Crippen LogP contribution in [-0.2, 0) is 9.53 Å². The summed E-state index contributed by atoms with van der Waals surface area (Å²) in [6.07, 6.45) is 2.11. The second-order valence-corrected chi connectivity index (χ2v) is 6.25. The summed E-state index contributed by atoms with van der Waals surface area (Å²) in [5, 5.41) is 3.98. The minimum Gasteiger partial charge on any atom is -0.497 e. The van der Waals surface area contributed by atoms with Gasteiger partial charge in [-0.25, -0.2) is 21.1 Å². The van der Waals surface area contributed by atoms with Crippen LogP contribution in [0.15, 0.2) is 53.6 Å². The Bertz CT molecular complexity index is 850. The Balaban J connectivity index is 1.51. The summed E-state index contributed by atoms with van der Waals surface area (Å²) in [5.74, 6) is 0.159. The summed E-state index contributed by atoms with van der Waals surface area (Å²) in [6, 6.07) is 14.0. The predicted molar refractivity (Wildman–Crippen MR) is 104 cm³/mol. The summed E-state index contributed by atoms with van der Waals surface area (Å²) in [4.78, 5) is 23.7. The normalized spacial score (nSPS) is 18.8. The molecule has 3 N–H and O–H groups in total. The Morgan fingerprint density at radius 2 is 1.79 bits per heavy atom. The highest BCUT2D eigenvalue weighted by atomic mass is 16.5. The summed E-state index contributed by atoms with van der Waals surface area (Å²) in [6.45, 7) is 0. The number of hydrogen-bond donors (Lipinski definition) is 3. The van der Waals surface area contributed by atoms with Crippen molar-refractivity contribution < 1.29 is 19.1 Å². The van der Waals surface area contributed by atoms with Crippen molar-refractivity contribution in [2.24, 2.45) is 5.10 Å². The van der Waals surface area contributed by atoms with Gasteiger partial charge in [-0.1, -0.05) is 24.3 Å². The van der Waals surface area contributed by atoms with Crippen molar-refractivity contribution in [3.05, 3.63) is 65.2 Å². The Hall–Kier alpha value is -3.23. The fraction of sp³-hybridized carbons (Fsp3) is 0.250. The lowest BCUT2D eigenvalue weighted by Crippen LogP contribution is -2.41. The third-order valence-electron chi connectivity index (χ3n) is 4.46. The molecule has 1 aliphatic rings. The summed E-state index contributed by atoms with van der Waals surface area (Å²) in [5.41, 5.74) is 10.9. The molecular formula is C20H22N4O4. The smallest absolute Gasteiger partial charge is 0.337 e. The second kappa shape index (κ2) is 9.12. The lowest BCUT2D eigenvalue weighted by molar-refractivity contribution is -0.122. The van der Waals surface area contributed by atoms with Gasteiger partial charge in [0.1, 0.15) is 11.8 Å². The Morgan fingerprint density at radius 3 is 2.43 bits per heavy atom. The number of ether oxygens (including phenoxy) is 2. The number of nitrogens with one attached hydrogen (secondary N) is 3. The SMILES string of the molecule is COC(=O)c1ccc(/C=N/NC(=O)C2CC(c3ccc(OC)cc3)NN2)cc1. The average Bonchev–Trinajstić information content (AvgIpc) is 3.24. The molecule has 1 heterocycles. The number of hydrazine groups is 1. The van der Waals surface area contributed by atoms with Gasteiger partial charge < -0.3 is 9.47 Å². The standard InChI is InChI=1S/C20H22N4O4/c1-27-16-9-7-14(8-10-16)17-11-18(23-22-17)19(25)24-21-12-13-3-5-15(6-4-13)20(26)28-2/h3-10,12,17-18,22-23H,11H2,1-2H3,(H,24,25)/b21-12+. The van der Waals surface area contributed by atoms with Gasteiger partial charge in [0.25, 0.3) is 5.91 Å². The Kier molecular flexibility index (Phi) is 6.36. The molecule has 2 unspecified atom stereocenters. The van der Waals surface area contributed by atoms with Crippen molar-refractivity contribution in [3.63, 3.8) is 0 Å². The van der Waals surface area contributed by atoms with Gasteiger partial charge in [-0.15, -0.1) is 0 Å². The number of amides is 1. The first kappa shape index (κ1) is 19.5. The van der Waals surface area contributed by atoms with Crippen LogP contribution in [0.5, 0.6) is 5.75 Å². The van der Waals surface area contributed by atoms with E-state index < -0.39 is 12.0 Å². The monoisotopic (exact) mass is 382 g/mol. The molecule has 0 saturated carbocycles. The molecule has 1 saturated heterocycles. The summed E-state index contributed by atoms with van der Waals surface area (Å²) in [7, 11) is 2.96. The fourth-order valence-electron chi connectivity index (χ4n) is 2.85. The summed E-state index contributed by atoms with van der Waals surface area (Å²) >= 11 is 0. The van der Waals surface area contributed by atoms with E-state index in [2.05, 4.69) is 26.1 Å². The number of rotatable bonds is 6. The van der Waals surface area contributed by atoms with Crippen LogP contribution < -0.4 is 21.0 Å². The Morgan fingerprint density at radius 1 is 1.07 bits per heavy atom. The minimum absolute atomic E-state index is 0.0245. The molecular weight excluding hydrogens is 360 g/mol. The van der Waals surface area contributed by atoms with Crippen molar-refractivity contribution in [3.8, 4) is 5.75 Å². The third kappa shape index (κ3) is 4.73. The summed E-state index contributed by atoms with van der Waals surface area (Å²) < 4.78 is 9.81. The van der Waals surface area contributed by atoms with Crippen LogP contribution in [0.3, 0.4) is 0 Å². The minimum atomic E-state index is -0.400. The van der Waals surface area contributed by atoms with Crippen molar-refractivity contribution in [2.75, 3.05) is 14.2 Å². The fourth-order valence-corrected chi connectivity index (χ4v) is 2.85. The molecule has 0 aliphatic carbocycles. The van der Waals surface area contributed by atoms with Gasteiger partial charge in [-0.3, -0.25) is 4.79 Å². The van der Waals surface area contributed by atoms with Gasteiger partial charge in [0.15, 0.2) is 0 Å². The van der Waals surface area contributed by atoms with Crippen molar-refractivity contribution in [1.29, 1.82) is 0 Å². The molecule has 3 rings (SSSR count). The van der Waals surface area contributed by atoms with Gasteiger partial charge in [0, 0.05) is 6.04 Å². The number of hydrazone groups is 1. The van der Waals surface area contributed by atoms with E-state index in [1.807, 2.05) is 24.3 Å². The largest absolute Gasteiger partial charge is 0.497 e. The maximum atomic E-state index is 12.3. The highest BCUT2D eigenvalue weighted by Crippen LogP contribution is 2.24. The maximum absolute atomic E-state index is 12.3. The van der Waals surface area contributed by atoms with Gasteiger partial charge in [-0.05, 0) is 41.8 Å². The van der Waals surface area contributed by atoms with Crippen LogP contribution in [-0.4, -0.2) is 38.4 Å². The molecule has 0 bridgehead atoms. The molecule has 8 nitrogen and oxygen atoms in total. The van der Waals surface area contributed by atoms with Crippen LogP contribution >= 0.6 is 0 Å². The first-order valence-electron chi connectivity index (χ1n) is 8.77. The molecule has 0 spiro atoms. The van der Waals surface area contributed by atoms with Gasteiger partial charge in [0.05, 0.1) is 26.0 Å². The van der Waals surface area contributed by atoms with Crippen LogP contribution in [0.1, 0.15) is 33.9 Å². The zero-order chi connectivity index (χ0) is 19.9. The first-order valence-corrected chi connectivity index (χ1v) is 8.77. The van der Waals surface area contributed by atoms with Crippen molar-refractivity contribution in [1.82, 2.24) is 16.3 Å². The number of methoxy groups -OCH3 is 2. The van der Waals surface area contributed by atoms with Crippen LogP contribution in [0.2, 0.25) is 0 Å². The van der Waals surface area contributed by atoms with E-state index in [4.69, 9.17) is 4.74 Å². The van der Waals surface area contributed by atoms with E-state index in [1.54, 1.807) is 31.4 Å². The molecule has 146 valence electrons. The highest BCUT2D eigenvalue weighted by molar-refractivity contribution is 5.91. The number of nitrogens with zero attached hydrogens (tertiary/aromatic N) is 1. The molecule has 0 aromatic heterocycles. The first-order chi connectivity index (χ1) is 13.6. The van der Waals surface area contributed by atoms with Crippen LogP contribution in [0.4, 0.5) is 0 Å². The lowest BCUT2D eigenvalue weighted by Gasteiger charge is -2.10. The second-order valence-electron chi connectivity index (χ2n) is 6.25. The molecule has 0 radical (unpaired) electrons. The molecule has 1 amide bonds. The van der Waals surface area contributed by atoms with Crippen molar-refractivity contribution >= 4 is 18.1 Å². The van der Waals surface area contributed by atoms with Gasteiger partial charge in [-0.2, -0.15) is 5.10 Å². The van der Waals surface area contributed by atoms with Crippen LogP contribution in [0, 0.1) is 0 Å². The molecule has 2 atom stereocenters. The lowest BCUT2D eigenvalue weighted by atomic mass is 10.0. The van der Waals surface area contributed by atoms with Crippen LogP contribution in [0.25, 0.3) is 0 Å². The molecule has 1 fully saturated rings.